The summed E-state index contributed by atoms with van der Waals surface area (Å²) in [5.74, 6) is 5.68. The predicted molar refractivity (Wildman–Crippen MR) is 103 cm³/mol. The van der Waals surface area contributed by atoms with Crippen molar-refractivity contribution in [1.29, 1.82) is 0 Å². The Bertz CT molecular complexity index is 753. The van der Waals surface area contributed by atoms with Gasteiger partial charge in [0.25, 0.3) is 0 Å². The molecular weight excluding hydrogens is 336 g/mol. The van der Waals surface area contributed by atoms with E-state index >= 15 is 0 Å². The van der Waals surface area contributed by atoms with E-state index in [4.69, 9.17) is 0 Å². The Morgan fingerprint density at radius 1 is 1.19 bits per heavy atom. The monoisotopic (exact) mass is 368 g/mol. The van der Waals surface area contributed by atoms with Crippen LogP contribution in [0.3, 0.4) is 0 Å². The van der Waals surface area contributed by atoms with Crippen LogP contribution < -0.4 is 0 Å². The molecule has 5 fully saturated rings. The smallest absolute Gasteiger partial charge is 0.155 e. The van der Waals surface area contributed by atoms with Crippen molar-refractivity contribution in [2.75, 3.05) is 6.61 Å². The average Bonchev–Trinajstić information content (AvgIpc) is 3.58. The van der Waals surface area contributed by atoms with Gasteiger partial charge in [0.2, 0.25) is 0 Å². The summed E-state index contributed by atoms with van der Waals surface area (Å²) < 4.78 is 0. The molecule has 146 valence electrons. The molecule has 0 aromatic carbocycles. The van der Waals surface area contributed by atoms with Crippen LogP contribution in [-0.2, 0) is 4.79 Å². The van der Waals surface area contributed by atoms with E-state index in [1.54, 1.807) is 6.08 Å². The van der Waals surface area contributed by atoms with Crippen LogP contribution >= 0.6 is 0 Å². The Morgan fingerprint density at radius 3 is 2.81 bits per heavy atom. The lowest BCUT2D eigenvalue weighted by molar-refractivity contribution is -0.130. The summed E-state index contributed by atoms with van der Waals surface area (Å²) in [6, 6.07) is 0. The van der Waals surface area contributed by atoms with Crippen molar-refractivity contribution in [3.63, 3.8) is 0 Å². The molecule has 0 spiro atoms. The molecule has 0 aromatic heterocycles. The number of fused-ring (bicyclic) bond motifs is 10. The van der Waals surface area contributed by atoms with Gasteiger partial charge < -0.3 is 10.2 Å². The third kappa shape index (κ3) is 1.93. The van der Waals surface area contributed by atoms with Crippen LogP contribution in [0.4, 0.5) is 0 Å². The Morgan fingerprint density at radius 2 is 2.04 bits per heavy atom. The number of aliphatic hydroxyl groups is 2. The van der Waals surface area contributed by atoms with Gasteiger partial charge >= 0.3 is 0 Å². The molecule has 0 heterocycles. The van der Waals surface area contributed by atoms with Crippen LogP contribution in [0.15, 0.2) is 23.8 Å². The number of hydrogen-bond donors (Lipinski definition) is 2. The van der Waals surface area contributed by atoms with E-state index in [0.29, 0.717) is 35.4 Å². The summed E-state index contributed by atoms with van der Waals surface area (Å²) in [6.07, 6.45) is 13.5. The second-order valence-corrected chi connectivity index (χ2v) is 10.5. The molecule has 8 unspecified atom stereocenters. The van der Waals surface area contributed by atoms with Crippen molar-refractivity contribution in [3.8, 4) is 0 Å². The molecule has 2 N–H and O–H groups in total. The van der Waals surface area contributed by atoms with Gasteiger partial charge in [0.15, 0.2) is 5.78 Å². The summed E-state index contributed by atoms with van der Waals surface area (Å²) in [7, 11) is 0. The second kappa shape index (κ2) is 5.36. The van der Waals surface area contributed by atoms with Gasteiger partial charge in [-0.25, -0.2) is 0 Å². The maximum Gasteiger partial charge on any atom is 0.155 e. The average molecular weight is 369 g/mol. The minimum atomic E-state index is -0.714. The maximum absolute atomic E-state index is 12.0. The quantitative estimate of drug-likeness (QED) is 0.750. The van der Waals surface area contributed by atoms with E-state index in [2.05, 4.69) is 6.92 Å². The standard InChI is InChI=1S/C24H32O3/c1-2-23-8-6-15-14-5-4-13(26)10-16(14)17-11-18(17)21(15)22(23)19-12-20(19)24(23,27)7-3-9-25/h3,7,10,14-15,17-22,25,27H,2,4-6,8-9,11-12H2,1H3/b7-3-/t14?,15?,17?,18?,19?,20-,21?,22?,23?,24-/m0/s1. The topological polar surface area (TPSA) is 57.5 Å². The van der Waals surface area contributed by atoms with E-state index in [9.17, 15) is 15.0 Å². The lowest BCUT2D eigenvalue weighted by Crippen LogP contribution is -2.56. The highest BCUT2D eigenvalue weighted by Crippen LogP contribution is 2.80. The van der Waals surface area contributed by atoms with Crippen molar-refractivity contribution >= 4 is 5.78 Å². The van der Waals surface area contributed by atoms with Gasteiger partial charge in [0, 0.05) is 11.8 Å². The summed E-state index contributed by atoms with van der Waals surface area (Å²) >= 11 is 0. The Hall–Kier alpha value is -0.930. The first-order valence-electron chi connectivity index (χ1n) is 11.3. The van der Waals surface area contributed by atoms with Gasteiger partial charge in [-0.3, -0.25) is 4.79 Å². The molecule has 3 heteroatoms. The molecule has 3 nitrogen and oxygen atoms in total. The Balaban J connectivity index is 1.41. The van der Waals surface area contributed by atoms with E-state index in [1.165, 1.54) is 24.8 Å². The lowest BCUT2D eigenvalue weighted by Gasteiger charge is -2.58. The van der Waals surface area contributed by atoms with E-state index < -0.39 is 5.60 Å². The highest BCUT2D eigenvalue weighted by Gasteiger charge is 2.78. The van der Waals surface area contributed by atoms with Crippen molar-refractivity contribution in [1.82, 2.24) is 0 Å². The normalized spacial score (nSPS) is 57.3. The minimum Gasteiger partial charge on any atom is -0.392 e. The molecule has 6 aliphatic carbocycles. The molecule has 0 radical (unpaired) electrons. The number of allylic oxidation sites excluding steroid dienone is 1. The van der Waals surface area contributed by atoms with Crippen LogP contribution in [0, 0.1) is 52.8 Å². The fraction of sp³-hybridized carbons (Fsp3) is 0.792. The summed E-state index contributed by atoms with van der Waals surface area (Å²) in [4.78, 5) is 12.0. The molecule has 6 aliphatic rings. The predicted octanol–water partition coefficient (Wildman–Crippen LogP) is 3.51. The number of ketones is 1. The number of aliphatic hydroxyl groups excluding tert-OH is 1. The van der Waals surface area contributed by atoms with Gasteiger partial charge in [0.05, 0.1) is 12.2 Å². The van der Waals surface area contributed by atoms with Crippen molar-refractivity contribution < 1.29 is 15.0 Å². The van der Waals surface area contributed by atoms with Crippen LogP contribution in [0.1, 0.15) is 51.9 Å². The first-order chi connectivity index (χ1) is 13.1. The summed E-state index contributed by atoms with van der Waals surface area (Å²) in [6.45, 7) is 2.30. The first-order valence-corrected chi connectivity index (χ1v) is 11.3. The Kier molecular flexibility index (Phi) is 3.37. The van der Waals surface area contributed by atoms with Gasteiger partial charge in [-0.2, -0.15) is 0 Å². The molecule has 0 amide bonds. The molecule has 0 saturated heterocycles. The zero-order chi connectivity index (χ0) is 18.6. The zero-order valence-corrected chi connectivity index (χ0v) is 16.3. The fourth-order valence-electron chi connectivity index (χ4n) is 9.03. The van der Waals surface area contributed by atoms with E-state index in [1.807, 2.05) is 12.2 Å². The highest BCUT2D eigenvalue weighted by molar-refractivity contribution is 5.91. The molecule has 27 heavy (non-hydrogen) atoms. The van der Waals surface area contributed by atoms with Gasteiger partial charge in [0.1, 0.15) is 0 Å². The van der Waals surface area contributed by atoms with Gasteiger partial charge in [-0.15, -0.1) is 0 Å². The third-order valence-corrected chi connectivity index (χ3v) is 9.98. The second-order valence-electron chi connectivity index (χ2n) is 10.5. The number of rotatable bonds is 3. The molecular formula is C24H32O3. The molecule has 6 rings (SSSR count). The van der Waals surface area contributed by atoms with E-state index in [0.717, 1.165) is 43.4 Å². The maximum atomic E-state index is 12.0. The number of carbonyl (C=O) groups is 1. The molecule has 10 atom stereocenters. The SMILES string of the molecule is CCC12CCC3C4CCC(=O)C=C4C4CC4C3C1C1C[C@@H]1[C@@]2(O)/C=C\CO. The van der Waals surface area contributed by atoms with Gasteiger partial charge in [-0.05, 0) is 91.9 Å². The van der Waals surface area contributed by atoms with Gasteiger partial charge in [-0.1, -0.05) is 24.6 Å². The van der Waals surface area contributed by atoms with Crippen molar-refractivity contribution in [3.05, 3.63) is 23.8 Å². The molecule has 0 bridgehead atoms. The van der Waals surface area contributed by atoms with Crippen LogP contribution in [0.5, 0.6) is 0 Å². The lowest BCUT2D eigenvalue weighted by atomic mass is 9.47. The number of hydrogen-bond acceptors (Lipinski definition) is 3. The molecule has 0 aliphatic heterocycles. The van der Waals surface area contributed by atoms with Crippen molar-refractivity contribution in [2.24, 2.45) is 52.8 Å². The summed E-state index contributed by atoms with van der Waals surface area (Å²) in [5.41, 5.74) is 0.808. The highest BCUT2D eigenvalue weighted by atomic mass is 16.3. The largest absolute Gasteiger partial charge is 0.392 e. The minimum absolute atomic E-state index is 0.00621. The van der Waals surface area contributed by atoms with Crippen LogP contribution in [-0.4, -0.2) is 28.2 Å². The third-order valence-electron chi connectivity index (χ3n) is 9.98. The molecule has 5 saturated carbocycles. The first kappa shape index (κ1) is 17.0. The zero-order valence-electron chi connectivity index (χ0n) is 16.3. The fourth-order valence-corrected chi connectivity index (χ4v) is 9.03. The van der Waals surface area contributed by atoms with Crippen LogP contribution in [0.2, 0.25) is 0 Å². The van der Waals surface area contributed by atoms with Crippen molar-refractivity contribution in [2.45, 2.75) is 57.5 Å². The van der Waals surface area contributed by atoms with E-state index in [-0.39, 0.29) is 12.0 Å². The van der Waals surface area contributed by atoms with Crippen LogP contribution in [0.25, 0.3) is 0 Å². The Labute approximate surface area is 161 Å². The number of carbonyl (C=O) groups excluding carboxylic acids is 1. The summed E-state index contributed by atoms with van der Waals surface area (Å²) in [5, 5.41) is 21.2. The molecule has 0 aromatic rings.